The van der Waals surface area contributed by atoms with Crippen LogP contribution in [0, 0.1) is 13.8 Å². The van der Waals surface area contributed by atoms with Gasteiger partial charge in [-0.05, 0) is 61.4 Å². The van der Waals surface area contributed by atoms with Gasteiger partial charge >= 0.3 is 0 Å². The fraction of sp³-hybridized carbons (Fsp3) is 0.222. The fourth-order valence-corrected chi connectivity index (χ4v) is 4.45. The quantitative estimate of drug-likeness (QED) is 0.409. The number of rotatable bonds is 8. The Morgan fingerprint density at radius 3 is 2.54 bits per heavy atom. The lowest BCUT2D eigenvalue weighted by atomic mass is 10.1. The van der Waals surface area contributed by atoms with Crippen LogP contribution in [-0.2, 0) is 10.0 Å². The molecule has 1 heterocycles. The number of hydrogen-bond acceptors (Lipinski definition) is 8. The van der Waals surface area contributed by atoms with Crippen molar-refractivity contribution in [2.45, 2.75) is 23.1 Å². The first-order valence-electron chi connectivity index (χ1n) is 8.37. The fourth-order valence-electron chi connectivity index (χ4n) is 2.28. The highest BCUT2D eigenvalue weighted by molar-refractivity contribution is 8.01. The molecule has 3 rings (SSSR count). The van der Waals surface area contributed by atoms with Crippen LogP contribution in [0.3, 0.4) is 0 Å². The summed E-state index contributed by atoms with van der Waals surface area (Å²) in [5.41, 5.74) is 3.46. The predicted molar refractivity (Wildman–Crippen MR) is 113 cm³/mol. The van der Waals surface area contributed by atoms with Crippen LogP contribution in [0.25, 0.3) is 0 Å². The topological polar surface area (TPSA) is 107 Å². The van der Waals surface area contributed by atoms with E-state index >= 15 is 0 Å². The number of nitrogens with one attached hydrogen (secondary N) is 1. The van der Waals surface area contributed by atoms with E-state index in [0.717, 1.165) is 15.2 Å². The molecular weight excluding hydrogens is 416 g/mol. The third kappa shape index (κ3) is 5.68. The van der Waals surface area contributed by atoms with Gasteiger partial charge in [-0.15, -0.1) is 10.2 Å². The molecule has 148 valence electrons. The number of anilines is 2. The Bertz CT molecular complexity index is 1050. The Hall–Kier alpha value is -2.14. The van der Waals surface area contributed by atoms with E-state index in [-0.39, 0.29) is 4.90 Å². The maximum Gasteiger partial charge on any atom is 0.238 e. The van der Waals surface area contributed by atoms with Crippen molar-refractivity contribution >= 4 is 43.9 Å². The number of aromatic nitrogens is 2. The molecule has 0 atom stereocenters. The molecule has 10 heteroatoms. The maximum atomic E-state index is 11.2. The van der Waals surface area contributed by atoms with Crippen LogP contribution < -0.4 is 15.2 Å². The normalized spacial score (nSPS) is 11.4. The smallest absolute Gasteiger partial charge is 0.238 e. The van der Waals surface area contributed by atoms with Crippen molar-refractivity contribution in [2.75, 3.05) is 17.7 Å². The average Bonchev–Trinajstić information content (AvgIpc) is 3.09. The van der Waals surface area contributed by atoms with E-state index in [0.29, 0.717) is 18.1 Å². The molecule has 3 aromatic rings. The molecule has 2 aromatic carbocycles. The van der Waals surface area contributed by atoms with Gasteiger partial charge < -0.3 is 10.1 Å². The van der Waals surface area contributed by atoms with Crippen LogP contribution in [0.15, 0.2) is 51.7 Å². The van der Waals surface area contributed by atoms with Crippen molar-refractivity contribution in [1.82, 2.24) is 10.2 Å². The van der Waals surface area contributed by atoms with Gasteiger partial charge in [-0.25, -0.2) is 13.6 Å². The summed E-state index contributed by atoms with van der Waals surface area (Å²) < 4.78 is 28.9. The van der Waals surface area contributed by atoms with Gasteiger partial charge in [-0.3, -0.25) is 0 Å². The van der Waals surface area contributed by atoms with E-state index in [9.17, 15) is 8.42 Å². The standard InChI is InChI=1S/C18H20N4O3S3/c1-12-3-4-14(11-13(12)2)20-17-21-22-18(27-17)26-10-9-25-15-5-7-16(8-6-15)28(19,23)24/h3-8,11H,9-10H2,1-2H3,(H,20,21)(H2,19,23,24). The molecule has 0 fully saturated rings. The SMILES string of the molecule is Cc1ccc(Nc2nnc(SCCOc3ccc(S(N)(=O)=O)cc3)s2)cc1C. The van der Waals surface area contributed by atoms with E-state index in [1.165, 1.54) is 34.6 Å². The molecule has 0 aliphatic carbocycles. The maximum absolute atomic E-state index is 11.2. The van der Waals surface area contributed by atoms with E-state index in [4.69, 9.17) is 9.88 Å². The molecular formula is C18H20N4O3S3. The minimum absolute atomic E-state index is 0.0619. The van der Waals surface area contributed by atoms with Crippen LogP contribution in [0.1, 0.15) is 11.1 Å². The number of hydrogen-bond donors (Lipinski definition) is 2. The molecule has 0 aliphatic rings. The summed E-state index contributed by atoms with van der Waals surface area (Å²) in [6.45, 7) is 4.61. The van der Waals surface area contributed by atoms with Crippen LogP contribution in [0.2, 0.25) is 0 Å². The molecule has 28 heavy (non-hydrogen) atoms. The van der Waals surface area contributed by atoms with Crippen molar-refractivity contribution in [3.63, 3.8) is 0 Å². The molecule has 3 N–H and O–H groups in total. The van der Waals surface area contributed by atoms with Crippen molar-refractivity contribution in [3.05, 3.63) is 53.6 Å². The van der Waals surface area contributed by atoms with Crippen LogP contribution >= 0.6 is 23.1 Å². The zero-order valence-corrected chi connectivity index (χ0v) is 17.8. The molecule has 0 unspecified atom stereocenters. The first kappa shape index (κ1) is 20.6. The first-order valence-corrected chi connectivity index (χ1v) is 11.7. The lowest BCUT2D eigenvalue weighted by Crippen LogP contribution is -2.11. The van der Waals surface area contributed by atoms with Gasteiger partial charge in [-0.2, -0.15) is 0 Å². The number of benzene rings is 2. The van der Waals surface area contributed by atoms with Crippen molar-refractivity contribution in [3.8, 4) is 5.75 Å². The lowest BCUT2D eigenvalue weighted by Gasteiger charge is -2.06. The Kier molecular flexibility index (Phi) is 6.55. The third-order valence-corrected chi connectivity index (χ3v) is 6.76. The molecule has 0 saturated heterocycles. The first-order chi connectivity index (χ1) is 13.3. The van der Waals surface area contributed by atoms with Gasteiger partial charge in [-0.1, -0.05) is 29.2 Å². The van der Waals surface area contributed by atoms with Gasteiger partial charge in [0.1, 0.15) is 5.75 Å². The van der Waals surface area contributed by atoms with Crippen molar-refractivity contribution in [1.29, 1.82) is 0 Å². The Labute approximate surface area is 172 Å². The summed E-state index contributed by atoms with van der Waals surface area (Å²) in [5, 5.41) is 17.4. The lowest BCUT2D eigenvalue weighted by molar-refractivity contribution is 0.343. The Balaban J connectivity index is 1.46. The highest BCUT2D eigenvalue weighted by Gasteiger charge is 2.08. The van der Waals surface area contributed by atoms with Crippen LogP contribution in [-0.4, -0.2) is 31.0 Å². The molecule has 1 aromatic heterocycles. The predicted octanol–water partition coefficient (Wildman–Crippen LogP) is 3.72. The molecule has 0 spiro atoms. The van der Waals surface area contributed by atoms with Crippen molar-refractivity contribution < 1.29 is 13.2 Å². The summed E-state index contributed by atoms with van der Waals surface area (Å²) in [6.07, 6.45) is 0. The van der Waals surface area contributed by atoms with Crippen LogP contribution in [0.4, 0.5) is 10.8 Å². The number of sulfonamides is 1. The average molecular weight is 437 g/mol. The van der Waals surface area contributed by atoms with Gasteiger partial charge in [0.15, 0.2) is 4.34 Å². The van der Waals surface area contributed by atoms with E-state index in [2.05, 4.69) is 41.5 Å². The molecule has 0 bridgehead atoms. The summed E-state index contributed by atoms with van der Waals surface area (Å²) in [7, 11) is -3.69. The summed E-state index contributed by atoms with van der Waals surface area (Å²) >= 11 is 3.03. The number of nitrogens with two attached hydrogens (primary N) is 1. The highest BCUT2D eigenvalue weighted by atomic mass is 32.2. The minimum atomic E-state index is -3.69. The Morgan fingerprint density at radius 2 is 1.86 bits per heavy atom. The molecule has 0 radical (unpaired) electrons. The van der Waals surface area contributed by atoms with Gasteiger partial charge in [0.25, 0.3) is 0 Å². The molecule has 7 nitrogen and oxygen atoms in total. The van der Waals surface area contributed by atoms with Gasteiger partial charge in [0, 0.05) is 11.4 Å². The van der Waals surface area contributed by atoms with E-state index in [1.807, 2.05) is 6.07 Å². The third-order valence-electron chi connectivity index (χ3n) is 3.89. The van der Waals surface area contributed by atoms with E-state index < -0.39 is 10.0 Å². The van der Waals surface area contributed by atoms with Gasteiger partial charge in [0.2, 0.25) is 15.2 Å². The summed E-state index contributed by atoms with van der Waals surface area (Å²) in [5.74, 6) is 1.28. The molecule has 0 aliphatic heterocycles. The number of primary sulfonamides is 1. The number of ether oxygens (including phenoxy) is 1. The summed E-state index contributed by atoms with van der Waals surface area (Å²) in [6, 6.07) is 12.2. The monoisotopic (exact) mass is 436 g/mol. The van der Waals surface area contributed by atoms with Gasteiger partial charge in [0.05, 0.1) is 11.5 Å². The zero-order chi connectivity index (χ0) is 20.1. The second kappa shape index (κ2) is 8.91. The number of thioether (sulfide) groups is 1. The number of nitrogens with zero attached hydrogens (tertiary/aromatic N) is 2. The second-order valence-corrected chi connectivity index (χ2v) is 9.89. The number of aryl methyl sites for hydroxylation is 2. The molecule has 0 saturated carbocycles. The van der Waals surface area contributed by atoms with Crippen LogP contribution in [0.5, 0.6) is 5.75 Å². The Morgan fingerprint density at radius 1 is 1.11 bits per heavy atom. The molecule has 0 amide bonds. The zero-order valence-electron chi connectivity index (χ0n) is 15.4. The van der Waals surface area contributed by atoms with Crippen molar-refractivity contribution in [2.24, 2.45) is 5.14 Å². The van der Waals surface area contributed by atoms with E-state index in [1.54, 1.807) is 23.9 Å². The minimum Gasteiger partial charge on any atom is -0.493 e. The largest absolute Gasteiger partial charge is 0.493 e. The summed E-state index contributed by atoms with van der Waals surface area (Å²) in [4.78, 5) is 0.0619. The second-order valence-electron chi connectivity index (χ2n) is 6.01. The highest BCUT2D eigenvalue weighted by Crippen LogP contribution is 2.28.